The summed E-state index contributed by atoms with van der Waals surface area (Å²) in [4.78, 5) is 0. The fourth-order valence-corrected chi connectivity index (χ4v) is 3.69. The Balaban J connectivity index is 1.82. The molecule has 104 valence electrons. The molecule has 0 amide bonds. The van der Waals surface area contributed by atoms with Gasteiger partial charge in [-0.15, -0.1) is 0 Å². The van der Waals surface area contributed by atoms with Gasteiger partial charge < -0.3 is 5.32 Å². The number of rotatable bonds is 1. The van der Waals surface area contributed by atoms with Crippen LogP contribution < -0.4 is 5.32 Å². The molecule has 1 aromatic rings. The van der Waals surface area contributed by atoms with Crippen LogP contribution in [0.15, 0.2) is 24.3 Å². The summed E-state index contributed by atoms with van der Waals surface area (Å²) in [5.41, 5.74) is 0.527. The van der Waals surface area contributed by atoms with Gasteiger partial charge in [-0.3, -0.25) is 0 Å². The summed E-state index contributed by atoms with van der Waals surface area (Å²) in [6.07, 6.45) is -0.680. The van der Waals surface area contributed by atoms with Crippen molar-refractivity contribution in [1.82, 2.24) is 5.32 Å². The van der Waals surface area contributed by atoms with E-state index in [0.29, 0.717) is 17.8 Å². The molecule has 1 saturated carbocycles. The van der Waals surface area contributed by atoms with Gasteiger partial charge in [-0.2, -0.15) is 13.2 Å². The quantitative estimate of drug-likeness (QED) is 0.817. The highest BCUT2D eigenvalue weighted by molar-refractivity contribution is 5.28. The zero-order chi connectivity index (χ0) is 13.5. The van der Waals surface area contributed by atoms with E-state index in [1.165, 1.54) is 25.0 Å². The highest BCUT2D eigenvalue weighted by Gasteiger charge is 2.37. The third-order valence-corrected chi connectivity index (χ3v) is 4.67. The maximum absolute atomic E-state index is 12.6. The highest BCUT2D eigenvalue weighted by atomic mass is 19.4. The van der Waals surface area contributed by atoms with Crippen molar-refractivity contribution in [2.75, 3.05) is 13.1 Å². The van der Waals surface area contributed by atoms with Crippen LogP contribution in [0.1, 0.15) is 36.3 Å². The molecular weight excluding hydrogens is 251 g/mol. The van der Waals surface area contributed by atoms with Crippen LogP contribution in [0, 0.1) is 11.8 Å². The monoisotopic (exact) mass is 269 g/mol. The van der Waals surface area contributed by atoms with Crippen LogP contribution >= 0.6 is 0 Å². The Bertz CT molecular complexity index is 438. The molecule has 2 fully saturated rings. The Morgan fingerprint density at radius 2 is 1.74 bits per heavy atom. The van der Waals surface area contributed by atoms with Crippen molar-refractivity contribution in [2.24, 2.45) is 11.8 Å². The Hall–Kier alpha value is -1.03. The zero-order valence-electron chi connectivity index (χ0n) is 10.7. The molecular formula is C15H18F3N. The first kappa shape index (κ1) is 13.0. The summed E-state index contributed by atoms with van der Waals surface area (Å²) in [6, 6.07) is 5.80. The van der Waals surface area contributed by atoms with Crippen LogP contribution in [0.2, 0.25) is 0 Å². The topological polar surface area (TPSA) is 12.0 Å². The summed E-state index contributed by atoms with van der Waals surface area (Å²) >= 11 is 0. The van der Waals surface area contributed by atoms with E-state index in [1.807, 2.05) is 0 Å². The lowest BCUT2D eigenvalue weighted by Gasteiger charge is -2.33. The number of fused-ring (bicyclic) bond motifs is 1. The summed E-state index contributed by atoms with van der Waals surface area (Å²) in [6.45, 7) is 2.08. The summed E-state index contributed by atoms with van der Waals surface area (Å²) in [7, 11) is 0. The molecule has 1 aromatic carbocycles. The van der Waals surface area contributed by atoms with Gasteiger partial charge in [0.1, 0.15) is 0 Å². The van der Waals surface area contributed by atoms with E-state index in [4.69, 9.17) is 0 Å². The molecule has 1 saturated heterocycles. The van der Waals surface area contributed by atoms with E-state index in [9.17, 15) is 13.2 Å². The molecule has 0 bridgehead atoms. The molecule has 1 heterocycles. The van der Waals surface area contributed by atoms with Crippen molar-refractivity contribution >= 4 is 0 Å². The van der Waals surface area contributed by atoms with Crippen LogP contribution in [-0.4, -0.2) is 13.1 Å². The summed E-state index contributed by atoms with van der Waals surface area (Å²) < 4.78 is 37.7. The highest BCUT2D eigenvalue weighted by Crippen LogP contribution is 2.43. The first-order chi connectivity index (χ1) is 9.05. The molecule has 2 aliphatic rings. The molecule has 1 N–H and O–H groups in total. The second-order valence-corrected chi connectivity index (χ2v) is 5.74. The van der Waals surface area contributed by atoms with E-state index in [-0.39, 0.29) is 0 Å². The van der Waals surface area contributed by atoms with Gasteiger partial charge in [-0.25, -0.2) is 0 Å². The number of alkyl halides is 3. The van der Waals surface area contributed by atoms with Crippen LogP contribution in [-0.2, 0) is 6.18 Å². The third kappa shape index (κ3) is 2.50. The van der Waals surface area contributed by atoms with Crippen LogP contribution in [0.3, 0.4) is 0 Å². The molecule has 1 aliphatic heterocycles. The molecule has 3 unspecified atom stereocenters. The fourth-order valence-electron chi connectivity index (χ4n) is 3.69. The third-order valence-electron chi connectivity index (χ3n) is 4.67. The van der Waals surface area contributed by atoms with Gasteiger partial charge in [0.25, 0.3) is 0 Å². The van der Waals surface area contributed by atoms with Crippen molar-refractivity contribution < 1.29 is 13.2 Å². The maximum atomic E-state index is 12.6. The fraction of sp³-hybridized carbons (Fsp3) is 0.600. The minimum Gasteiger partial charge on any atom is -0.316 e. The minimum atomic E-state index is -4.23. The van der Waals surface area contributed by atoms with Gasteiger partial charge in [0, 0.05) is 0 Å². The second-order valence-electron chi connectivity index (χ2n) is 5.74. The molecule has 0 radical (unpaired) electrons. The maximum Gasteiger partial charge on any atom is 0.416 e. The molecule has 1 aliphatic carbocycles. The van der Waals surface area contributed by atoms with Gasteiger partial charge in [0.05, 0.1) is 5.56 Å². The minimum absolute atomic E-state index is 0.427. The van der Waals surface area contributed by atoms with Gasteiger partial charge in [-0.1, -0.05) is 18.6 Å². The summed E-state index contributed by atoms with van der Waals surface area (Å²) in [5.74, 6) is 1.74. The van der Waals surface area contributed by atoms with E-state index in [2.05, 4.69) is 5.32 Å². The van der Waals surface area contributed by atoms with Crippen molar-refractivity contribution in [2.45, 2.75) is 31.4 Å². The average Bonchev–Trinajstić information content (AvgIpc) is 2.86. The first-order valence-electron chi connectivity index (χ1n) is 6.93. The number of hydrogen-bond donors (Lipinski definition) is 1. The van der Waals surface area contributed by atoms with Crippen molar-refractivity contribution in [3.8, 4) is 0 Å². The number of halogens is 3. The van der Waals surface area contributed by atoms with Crippen LogP contribution in [0.25, 0.3) is 0 Å². The first-order valence-corrected chi connectivity index (χ1v) is 6.93. The van der Waals surface area contributed by atoms with Gasteiger partial charge in [0.2, 0.25) is 0 Å². The van der Waals surface area contributed by atoms with E-state index >= 15 is 0 Å². The lowest BCUT2D eigenvalue weighted by Crippen LogP contribution is -2.25. The SMILES string of the molecule is FC(F)(F)c1ccc(C2CCCC3CNCC32)cc1. The molecule has 19 heavy (non-hydrogen) atoms. The van der Waals surface area contributed by atoms with E-state index < -0.39 is 11.7 Å². The Morgan fingerprint density at radius 1 is 1.00 bits per heavy atom. The predicted molar refractivity (Wildman–Crippen MR) is 67.9 cm³/mol. The Labute approximate surface area is 111 Å². The normalized spacial score (nSPS) is 31.2. The molecule has 3 rings (SSSR count). The zero-order valence-corrected chi connectivity index (χ0v) is 10.7. The van der Waals surface area contributed by atoms with Gasteiger partial charge in [-0.05, 0) is 61.4 Å². The Morgan fingerprint density at radius 3 is 2.42 bits per heavy atom. The van der Waals surface area contributed by atoms with Crippen molar-refractivity contribution in [3.63, 3.8) is 0 Å². The number of hydrogen-bond acceptors (Lipinski definition) is 1. The van der Waals surface area contributed by atoms with Crippen LogP contribution in [0.4, 0.5) is 13.2 Å². The van der Waals surface area contributed by atoms with Gasteiger partial charge in [0.15, 0.2) is 0 Å². The molecule has 0 aromatic heterocycles. The standard InChI is InChI=1S/C15H18F3N/c16-15(17,18)12-6-4-10(5-7-12)13-3-1-2-11-8-19-9-14(11)13/h4-7,11,13-14,19H,1-3,8-9H2. The number of nitrogens with one attached hydrogen (secondary N) is 1. The van der Waals surface area contributed by atoms with E-state index in [0.717, 1.165) is 25.1 Å². The second kappa shape index (κ2) is 4.82. The van der Waals surface area contributed by atoms with E-state index in [1.54, 1.807) is 12.1 Å². The molecule has 1 nitrogen and oxygen atoms in total. The average molecular weight is 269 g/mol. The summed E-state index contributed by atoms with van der Waals surface area (Å²) in [5, 5.41) is 3.42. The molecule has 4 heteroatoms. The van der Waals surface area contributed by atoms with Crippen LogP contribution in [0.5, 0.6) is 0 Å². The lowest BCUT2D eigenvalue weighted by atomic mass is 9.71. The number of benzene rings is 1. The molecule has 0 spiro atoms. The van der Waals surface area contributed by atoms with Gasteiger partial charge >= 0.3 is 6.18 Å². The molecule has 3 atom stereocenters. The predicted octanol–water partition coefficient (Wildman–Crippen LogP) is 3.81. The van der Waals surface area contributed by atoms with Crippen molar-refractivity contribution in [3.05, 3.63) is 35.4 Å². The Kier molecular flexibility index (Phi) is 3.29. The lowest BCUT2D eigenvalue weighted by molar-refractivity contribution is -0.137. The largest absolute Gasteiger partial charge is 0.416 e. The smallest absolute Gasteiger partial charge is 0.316 e. The van der Waals surface area contributed by atoms with Crippen molar-refractivity contribution in [1.29, 1.82) is 0 Å².